The zero-order valence-electron chi connectivity index (χ0n) is 18.6. The predicted molar refractivity (Wildman–Crippen MR) is 113 cm³/mol. The molecule has 5 nitrogen and oxygen atoms in total. The van der Waals surface area contributed by atoms with Crippen LogP contribution in [0.5, 0.6) is 5.75 Å². The Labute approximate surface area is 170 Å². The molecule has 0 radical (unpaired) electrons. The molecule has 158 valence electrons. The van der Waals surface area contributed by atoms with E-state index < -0.39 is 18.0 Å². The van der Waals surface area contributed by atoms with Gasteiger partial charge in [0, 0.05) is 12.0 Å². The molecule has 0 aromatic heterocycles. The number of carbonyl (C=O) groups excluding carboxylic acids is 2. The second-order valence-corrected chi connectivity index (χ2v) is 8.67. The normalized spacial score (nSPS) is 13.1. The Bertz CT molecular complexity index is 679. The number of benzene rings is 1. The van der Waals surface area contributed by atoms with E-state index in [1.807, 2.05) is 6.07 Å². The highest BCUT2D eigenvalue weighted by Crippen LogP contribution is 2.38. The molecule has 0 aliphatic carbocycles. The van der Waals surface area contributed by atoms with Gasteiger partial charge in [0.15, 0.2) is 6.10 Å². The van der Waals surface area contributed by atoms with E-state index in [9.17, 15) is 9.59 Å². The number of carbonyl (C=O) groups is 2. The first-order chi connectivity index (χ1) is 12.9. The van der Waals surface area contributed by atoms with Gasteiger partial charge in [0.05, 0.1) is 6.61 Å². The van der Waals surface area contributed by atoms with E-state index >= 15 is 0 Å². The molecule has 1 atom stereocenters. The van der Waals surface area contributed by atoms with Crippen molar-refractivity contribution < 1.29 is 19.1 Å². The Hall–Kier alpha value is -2.04. The van der Waals surface area contributed by atoms with Crippen molar-refractivity contribution in [2.24, 2.45) is 5.73 Å². The van der Waals surface area contributed by atoms with E-state index in [4.69, 9.17) is 15.2 Å². The lowest BCUT2D eigenvalue weighted by Gasteiger charge is -2.30. The maximum atomic E-state index is 11.7. The predicted octanol–water partition coefficient (Wildman–Crippen LogP) is 4.64. The van der Waals surface area contributed by atoms with Crippen LogP contribution in [0.15, 0.2) is 18.2 Å². The molecule has 0 saturated heterocycles. The lowest BCUT2D eigenvalue weighted by molar-refractivity contribution is -0.153. The van der Waals surface area contributed by atoms with E-state index in [1.54, 1.807) is 0 Å². The molecule has 1 aromatic carbocycles. The van der Waals surface area contributed by atoms with Crippen LogP contribution in [0.25, 0.3) is 0 Å². The van der Waals surface area contributed by atoms with Gasteiger partial charge >= 0.3 is 5.97 Å². The lowest BCUT2D eigenvalue weighted by Crippen LogP contribution is -2.30. The number of hydrogen-bond acceptors (Lipinski definition) is 4. The summed E-state index contributed by atoms with van der Waals surface area (Å²) in [6.07, 6.45) is 1.85. The van der Waals surface area contributed by atoms with Gasteiger partial charge in [-0.1, -0.05) is 53.7 Å². The van der Waals surface area contributed by atoms with E-state index in [2.05, 4.69) is 53.7 Å². The standard InChI is InChI=1S/C23H37NO4/c1-8-22(4,5)17-12-13-19(18(15-17)23(6,7)9-2)27-14-10-11-20(25)28-16(3)21(24)26/h12-13,15-16H,8-11,14H2,1-7H3,(H2,24,26)/t16-/m0/s1. The Kier molecular flexibility index (Phi) is 8.52. The highest BCUT2D eigenvalue weighted by molar-refractivity contribution is 5.81. The van der Waals surface area contributed by atoms with Crippen molar-refractivity contribution in [3.8, 4) is 5.75 Å². The van der Waals surface area contributed by atoms with Crippen molar-refractivity contribution in [2.75, 3.05) is 6.61 Å². The average Bonchev–Trinajstić information content (AvgIpc) is 2.64. The number of rotatable bonds is 11. The summed E-state index contributed by atoms with van der Waals surface area (Å²) >= 11 is 0. The van der Waals surface area contributed by atoms with Crippen LogP contribution in [0.1, 0.15) is 85.3 Å². The number of hydrogen-bond donors (Lipinski definition) is 1. The fourth-order valence-corrected chi connectivity index (χ4v) is 2.71. The van der Waals surface area contributed by atoms with E-state index in [-0.39, 0.29) is 17.3 Å². The third-order valence-electron chi connectivity index (χ3n) is 5.75. The molecule has 28 heavy (non-hydrogen) atoms. The quantitative estimate of drug-likeness (QED) is 0.440. The first-order valence-electron chi connectivity index (χ1n) is 10.2. The van der Waals surface area contributed by atoms with E-state index in [1.165, 1.54) is 18.1 Å². The summed E-state index contributed by atoms with van der Waals surface area (Å²) in [5.41, 5.74) is 7.70. The third kappa shape index (κ3) is 6.54. The van der Waals surface area contributed by atoms with Gasteiger partial charge in [-0.3, -0.25) is 9.59 Å². The van der Waals surface area contributed by atoms with Gasteiger partial charge in [-0.05, 0) is 48.6 Å². The molecule has 5 heteroatoms. The summed E-state index contributed by atoms with van der Waals surface area (Å²) < 4.78 is 11.0. The molecule has 0 bridgehead atoms. The molecule has 1 aromatic rings. The van der Waals surface area contributed by atoms with Crippen LogP contribution in [0, 0.1) is 0 Å². The summed E-state index contributed by atoms with van der Waals surface area (Å²) in [5, 5.41) is 0. The molecule has 1 rings (SSSR count). The number of amides is 1. The monoisotopic (exact) mass is 391 g/mol. The SMILES string of the molecule is CCC(C)(C)c1ccc(OCCCC(=O)O[C@@H](C)C(N)=O)c(C(C)(C)CC)c1. The fourth-order valence-electron chi connectivity index (χ4n) is 2.71. The molecule has 0 heterocycles. The van der Waals surface area contributed by atoms with Crippen LogP contribution >= 0.6 is 0 Å². The molecule has 0 aliphatic heterocycles. The van der Waals surface area contributed by atoms with Crippen molar-refractivity contribution in [3.05, 3.63) is 29.3 Å². The van der Waals surface area contributed by atoms with Crippen LogP contribution in [-0.2, 0) is 25.2 Å². The first kappa shape index (κ1) is 24.0. The van der Waals surface area contributed by atoms with Gasteiger partial charge < -0.3 is 15.2 Å². The van der Waals surface area contributed by atoms with Gasteiger partial charge in [0.2, 0.25) is 0 Å². The minimum absolute atomic E-state index is 0.00891. The smallest absolute Gasteiger partial charge is 0.306 e. The second kappa shape index (κ2) is 9.94. The largest absolute Gasteiger partial charge is 0.493 e. The topological polar surface area (TPSA) is 78.6 Å². The Morgan fingerprint density at radius 3 is 2.21 bits per heavy atom. The highest BCUT2D eigenvalue weighted by Gasteiger charge is 2.26. The van der Waals surface area contributed by atoms with Crippen LogP contribution in [-0.4, -0.2) is 24.6 Å². The molecule has 0 fully saturated rings. The van der Waals surface area contributed by atoms with Crippen LogP contribution < -0.4 is 10.5 Å². The molecule has 2 N–H and O–H groups in total. The van der Waals surface area contributed by atoms with Gasteiger partial charge in [0.25, 0.3) is 5.91 Å². The van der Waals surface area contributed by atoms with E-state index in [0.717, 1.165) is 18.6 Å². The fraction of sp³-hybridized carbons (Fsp3) is 0.652. The van der Waals surface area contributed by atoms with Crippen molar-refractivity contribution in [1.29, 1.82) is 0 Å². The van der Waals surface area contributed by atoms with Crippen LogP contribution in [0.2, 0.25) is 0 Å². The molecule has 0 unspecified atom stereocenters. The minimum Gasteiger partial charge on any atom is -0.493 e. The maximum absolute atomic E-state index is 11.7. The van der Waals surface area contributed by atoms with Crippen molar-refractivity contribution in [1.82, 2.24) is 0 Å². The summed E-state index contributed by atoms with van der Waals surface area (Å²) in [5.74, 6) is -0.225. The summed E-state index contributed by atoms with van der Waals surface area (Å²) in [6.45, 7) is 15.2. The number of esters is 1. The van der Waals surface area contributed by atoms with Crippen LogP contribution in [0.3, 0.4) is 0 Å². The lowest BCUT2D eigenvalue weighted by atomic mass is 9.76. The molecule has 0 saturated carbocycles. The van der Waals surface area contributed by atoms with Gasteiger partial charge in [-0.25, -0.2) is 0 Å². The van der Waals surface area contributed by atoms with Gasteiger partial charge in [-0.15, -0.1) is 0 Å². The van der Waals surface area contributed by atoms with Crippen molar-refractivity contribution >= 4 is 11.9 Å². The van der Waals surface area contributed by atoms with Gasteiger partial charge in [0.1, 0.15) is 5.75 Å². The average molecular weight is 392 g/mol. The minimum atomic E-state index is -0.903. The summed E-state index contributed by atoms with van der Waals surface area (Å²) in [4.78, 5) is 22.7. The molecule has 0 spiro atoms. The number of ether oxygens (including phenoxy) is 2. The van der Waals surface area contributed by atoms with Gasteiger partial charge in [-0.2, -0.15) is 0 Å². The maximum Gasteiger partial charge on any atom is 0.306 e. The zero-order chi connectivity index (χ0) is 21.5. The van der Waals surface area contributed by atoms with E-state index in [0.29, 0.717) is 13.0 Å². The van der Waals surface area contributed by atoms with Crippen molar-refractivity contribution in [3.63, 3.8) is 0 Å². The molecular formula is C23H37NO4. The van der Waals surface area contributed by atoms with Crippen molar-refractivity contribution in [2.45, 2.75) is 91.1 Å². The second-order valence-electron chi connectivity index (χ2n) is 8.67. The number of primary amides is 1. The Balaban J connectivity index is 2.82. The molecule has 1 amide bonds. The Morgan fingerprint density at radius 2 is 1.68 bits per heavy atom. The summed E-state index contributed by atoms with van der Waals surface area (Å²) in [6, 6.07) is 6.45. The third-order valence-corrected chi connectivity index (χ3v) is 5.75. The summed E-state index contributed by atoms with van der Waals surface area (Å²) in [7, 11) is 0. The first-order valence-corrected chi connectivity index (χ1v) is 10.2. The molecular weight excluding hydrogens is 354 g/mol. The highest BCUT2D eigenvalue weighted by atomic mass is 16.5. The molecule has 0 aliphatic rings. The Morgan fingerprint density at radius 1 is 1.07 bits per heavy atom. The number of nitrogens with two attached hydrogens (primary N) is 1. The zero-order valence-corrected chi connectivity index (χ0v) is 18.6. The van der Waals surface area contributed by atoms with Crippen LogP contribution in [0.4, 0.5) is 0 Å².